The number of nitrogens with one attached hydrogen (secondary N) is 3. The molecule has 0 unspecified atom stereocenters. The lowest BCUT2D eigenvalue weighted by Crippen LogP contribution is -2.24. The number of ether oxygens (including phenoxy) is 1. The lowest BCUT2D eigenvalue weighted by atomic mass is 10.1. The molecule has 0 aliphatic carbocycles. The second kappa shape index (κ2) is 11.3. The summed E-state index contributed by atoms with van der Waals surface area (Å²) in [5.74, 6) is -0.331. The number of H-pyrrole nitrogens is 1. The Hall–Kier alpha value is -4.50. The van der Waals surface area contributed by atoms with E-state index in [-0.39, 0.29) is 18.2 Å². The number of aromatic nitrogens is 2. The molecule has 0 aliphatic heterocycles. The summed E-state index contributed by atoms with van der Waals surface area (Å²) in [5, 5.41) is 14.2. The number of benzene rings is 2. The number of hydrogen-bond donors (Lipinski definition) is 4. The number of rotatable bonds is 9. The van der Waals surface area contributed by atoms with Crippen LogP contribution in [0.4, 0.5) is 10.1 Å². The van der Waals surface area contributed by atoms with Crippen LogP contribution in [0.5, 0.6) is 11.5 Å². The summed E-state index contributed by atoms with van der Waals surface area (Å²) in [4.78, 5) is 32.2. The number of halogens is 1. The fourth-order valence-electron chi connectivity index (χ4n) is 3.44. The van der Waals surface area contributed by atoms with Crippen molar-refractivity contribution in [2.45, 2.75) is 13.3 Å². The first kappa shape index (κ1) is 24.6. The summed E-state index contributed by atoms with van der Waals surface area (Å²) in [6.45, 7) is 2.21. The highest BCUT2D eigenvalue weighted by molar-refractivity contribution is 6.04. The second-order valence-electron chi connectivity index (χ2n) is 8.08. The van der Waals surface area contributed by atoms with Crippen molar-refractivity contribution in [2.24, 2.45) is 0 Å². The molecule has 0 radical (unpaired) electrons. The van der Waals surface area contributed by atoms with Gasteiger partial charge in [0.05, 0.1) is 22.6 Å². The van der Waals surface area contributed by atoms with Crippen LogP contribution in [0.2, 0.25) is 0 Å². The molecule has 0 saturated carbocycles. The van der Waals surface area contributed by atoms with Gasteiger partial charge in [-0.05, 0) is 61.4 Å². The molecule has 2 aromatic carbocycles. The van der Waals surface area contributed by atoms with Gasteiger partial charge in [0, 0.05) is 37.2 Å². The standard InChI is InChI=1S/C27H25FN4O4/c1-17-6-7-22(28)23(12-17)32-27(35)18-4-2-5-20(13-18)36-21-8-10-29-25(15-21)24-14-19(16-31-24)26(34)30-9-3-11-33/h2,4-8,10,12-16,31,33H,3,9,11H2,1H3,(H,30,34)(H,32,35). The monoisotopic (exact) mass is 488 g/mol. The van der Waals surface area contributed by atoms with Crippen molar-refractivity contribution in [1.82, 2.24) is 15.3 Å². The Balaban J connectivity index is 1.46. The molecule has 0 bridgehead atoms. The molecule has 2 amide bonds. The van der Waals surface area contributed by atoms with E-state index in [1.54, 1.807) is 67.0 Å². The van der Waals surface area contributed by atoms with E-state index in [2.05, 4.69) is 20.6 Å². The summed E-state index contributed by atoms with van der Waals surface area (Å²) in [6, 6.07) is 16.1. The van der Waals surface area contributed by atoms with Crippen LogP contribution in [0.25, 0.3) is 11.4 Å². The minimum atomic E-state index is -0.513. The fourth-order valence-corrected chi connectivity index (χ4v) is 3.44. The van der Waals surface area contributed by atoms with Crippen LogP contribution in [0.3, 0.4) is 0 Å². The molecule has 0 saturated heterocycles. The third kappa shape index (κ3) is 6.13. The topological polar surface area (TPSA) is 116 Å². The van der Waals surface area contributed by atoms with Crippen molar-refractivity contribution >= 4 is 17.5 Å². The van der Waals surface area contributed by atoms with Crippen LogP contribution in [0.15, 0.2) is 73.1 Å². The summed E-state index contributed by atoms with van der Waals surface area (Å²) in [7, 11) is 0. The normalized spacial score (nSPS) is 10.6. The maximum Gasteiger partial charge on any atom is 0.255 e. The number of carbonyl (C=O) groups excluding carboxylic acids is 2. The highest BCUT2D eigenvalue weighted by Gasteiger charge is 2.13. The molecule has 184 valence electrons. The smallest absolute Gasteiger partial charge is 0.255 e. The Bertz CT molecular complexity index is 1390. The zero-order chi connectivity index (χ0) is 25.5. The van der Waals surface area contributed by atoms with Crippen molar-refractivity contribution in [1.29, 1.82) is 0 Å². The highest BCUT2D eigenvalue weighted by Crippen LogP contribution is 2.27. The number of aromatic amines is 1. The summed E-state index contributed by atoms with van der Waals surface area (Å²) >= 11 is 0. The van der Waals surface area contributed by atoms with E-state index < -0.39 is 11.7 Å². The van der Waals surface area contributed by atoms with E-state index in [4.69, 9.17) is 9.84 Å². The lowest BCUT2D eigenvalue weighted by Gasteiger charge is -2.10. The molecule has 2 heterocycles. The maximum absolute atomic E-state index is 14.0. The van der Waals surface area contributed by atoms with Crippen LogP contribution in [0, 0.1) is 12.7 Å². The fraction of sp³-hybridized carbons (Fsp3) is 0.148. The Morgan fingerprint density at radius 3 is 2.69 bits per heavy atom. The molecule has 2 aromatic heterocycles. The Labute approximate surface area is 207 Å². The van der Waals surface area contributed by atoms with E-state index in [0.717, 1.165) is 5.56 Å². The van der Waals surface area contributed by atoms with Gasteiger partial charge < -0.3 is 25.5 Å². The molecule has 9 heteroatoms. The Morgan fingerprint density at radius 1 is 1.03 bits per heavy atom. The van der Waals surface area contributed by atoms with Gasteiger partial charge in [-0.2, -0.15) is 0 Å². The SMILES string of the molecule is Cc1ccc(F)c(NC(=O)c2cccc(Oc3ccnc(-c4cc(C(=O)NCCCO)c[nH]4)c3)c2)c1. The summed E-state index contributed by atoms with van der Waals surface area (Å²) in [6.07, 6.45) is 3.64. The van der Waals surface area contributed by atoms with Crippen LogP contribution in [0.1, 0.15) is 32.7 Å². The van der Waals surface area contributed by atoms with Gasteiger partial charge in [0.15, 0.2) is 0 Å². The predicted octanol–water partition coefficient (Wildman–Crippen LogP) is 4.68. The van der Waals surface area contributed by atoms with E-state index in [9.17, 15) is 14.0 Å². The molecule has 4 aromatic rings. The van der Waals surface area contributed by atoms with Gasteiger partial charge in [-0.3, -0.25) is 14.6 Å². The minimum Gasteiger partial charge on any atom is -0.457 e. The van der Waals surface area contributed by atoms with Gasteiger partial charge in [-0.1, -0.05) is 12.1 Å². The predicted molar refractivity (Wildman–Crippen MR) is 134 cm³/mol. The number of amides is 2. The van der Waals surface area contributed by atoms with Gasteiger partial charge in [-0.15, -0.1) is 0 Å². The average molecular weight is 489 g/mol. The molecule has 0 aliphatic rings. The van der Waals surface area contributed by atoms with E-state index >= 15 is 0 Å². The quantitative estimate of drug-likeness (QED) is 0.255. The molecule has 0 spiro atoms. The van der Waals surface area contributed by atoms with Crippen LogP contribution in [-0.2, 0) is 0 Å². The molecule has 4 rings (SSSR count). The third-order valence-corrected chi connectivity index (χ3v) is 5.27. The molecule has 8 nitrogen and oxygen atoms in total. The first-order chi connectivity index (χ1) is 17.4. The lowest BCUT2D eigenvalue weighted by molar-refractivity contribution is 0.0950. The van der Waals surface area contributed by atoms with Gasteiger partial charge in [-0.25, -0.2) is 4.39 Å². The summed E-state index contributed by atoms with van der Waals surface area (Å²) < 4.78 is 20.0. The zero-order valence-electron chi connectivity index (χ0n) is 19.5. The van der Waals surface area contributed by atoms with Crippen molar-refractivity contribution in [3.63, 3.8) is 0 Å². The van der Waals surface area contributed by atoms with Crippen molar-refractivity contribution < 1.29 is 23.8 Å². The highest BCUT2D eigenvalue weighted by atomic mass is 19.1. The number of aliphatic hydroxyl groups excluding tert-OH is 1. The van der Waals surface area contributed by atoms with Crippen molar-refractivity contribution in [2.75, 3.05) is 18.5 Å². The number of anilines is 1. The number of nitrogens with zero attached hydrogens (tertiary/aromatic N) is 1. The van der Waals surface area contributed by atoms with Crippen molar-refractivity contribution in [3.8, 4) is 22.9 Å². The van der Waals surface area contributed by atoms with E-state index in [1.807, 2.05) is 6.92 Å². The molecule has 4 N–H and O–H groups in total. The first-order valence-electron chi connectivity index (χ1n) is 11.3. The molecular formula is C27H25FN4O4. The van der Waals surface area contributed by atoms with Gasteiger partial charge in [0.25, 0.3) is 11.8 Å². The van der Waals surface area contributed by atoms with Crippen LogP contribution >= 0.6 is 0 Å². The zero-order valence-corrected chi connectivity index (χ0v) is 19.5. The van der Waals surface area contributed by atoms with Gasteiger partial charge in [0.1, 0.15) is 17.3 Å². The number of aryl methyl sites for hydroxylation is 1. The Morgan fingerprint density at radius 2 is 1.86 bits per heavy atom. The third-order valence-electron chi connectivity index (χ3n) is 5.27. The number of pyridine rings is 1. The van der Waals surface area contributed by atoms with E-state index in [1.165, 1.54) is 6.07 Å². The minimum absolute atomic E-state index is 0.00817. The van der Waals surface area contributed by atoms with E-state index in [0.29, 0.717) is 47.0 Å². The largest absolute Gasteiger partial charge is 0.457 e. The Kier molecular flexibility index (Phi) is 7.72. The number of carbonyl (C=O) groups is 2. The average Bonchev–Trinajstić information content (AvgIpc) is 3.37. The number of aliphatic hydroxyl groups is 1. The van der Waals surface area contributed by atoms with Crippen molar-refractivity contribution in [3.05, 3.63) is 95.6 Å². The molecule has 0 atom stereocenters. The van der Waals surface area contributed by atoms with Gasteiger partial charge in [0.2, 0.25) is 0 Å². The second-order valence-corrected chi connectivity index (χ2v) is 8.08. The summed E-state index contributed by atoms with van der Waals surface area (Å²) in [5.41, 5.74) is 2.88. The maximum atomic E-state index is 14.0. The molecular weight excluding hydrogens is 463 g/mol. The van der Waals surface area contributed by atoms with Gasteiger partial charge >= 0.3 is 0 Å². The van der Waals surface area contributed by atoms with Crippen LogP contribution in [-0.4, -0.2) is 40.0 Å². The first-order valence-corrected chi connectivity index (χ1v) is 11.3. The molecule has 36 heavy (non-hydrogen) atoms. The number of hydrogen-bond acceptors (Lipinski definition) is 5. The van der Waals surface area contributed by atoms with Crippen LogP contribution < -0.4 is 15.4 Å². The molecule has 0 fully saturated rings.